The number of benzene rings is 1. The van der Waals surface area contributed by atoms with Crippen LogP contribution in [0.3, 0.4) is 0 Å². The predicted octanol–water partition coefficient (Wildman–Crippen LogP) is 3.14. The van der Waals surface area contributed by atoms with Crippen LogP contribution in [-0.2, 0) is 20.2 Å². The van der Waals surface area contributed by atoms with E-state index in [9.17, 15) is 22.2 Å². The summed E-state index contributed by atoms with van der Waals surface area (Å²) in [6.07, 6.45) is -6.34. The molecule has 142 valence electrons. The van der Waals surface area contributed by atoms with Crippen LogP contribution in [0.25, 0.3) is 10.1 Å². The van der Waals surface area contributed by atoms with E-state index < -0.39 is 51.4 Å². The molecule has 2 heterocycles. The normalized spacial score (nSPS) is 26.5. The van der Waals surface area contributed by atoms with Crippen LogP contribution in [0, 0.1) is 0 Å². The summed E-state index contributed by atoms with van der Waals surface area (Å²) in [6, 6.07) is 5.11. The highest BCUT2D eigenvalue weighted by atomic mass is 32.2. The Kier molecular flexibility index (Phi) is 4.82. The number of amides is 1. The molecule has 0 saturated heterocycles. The Morgan fingerprint density at radius 2 is 1.96 bits per heavy atom. The minimum absolute atomic E-state index is 0.0477. The average molecular weight is 409 g/mol. The van der Waals surface area contributed by atoms with Gasteiger partial charge in [-0.05, 0) is 24.0 Å². The molecular formula is C15H15F4N3O2S2. The third-order valence-electron chi connectivity index (χ3n) is 4.29. The lowest BCUT2D eigenvalue weighted by Gasteiger charge is -2.28. The van der Waals surface area contributed by atoms with Crippen LogP contribution in [0.4, 0.5) is 17.6 Å². The Morgan fingerprint density at radius 1 is 1.27 bits per heavy atom. The van der Waals surface area contributed by atoms with Crippen LogP contribution in [0.1, 0.15) is 18.5 Å². The first-order valence-electron chi connectivity index (χ1n) is 7.68. The Balaban J connectivity index is 1.99. The standard InChI is InChI=1S/C15H15F4N3O2S2/c16-14(15(17,18)19,12-9-3-1-2-4-11(9)25-21-12)6-8-26(24)7-5-10(20)13(23)22-26/h1-4,10H,5-8,20H2/t10-,14?,26?/m0/s1. The molecule has 1 aromatic carbocycles. The molecule has 0 saturated carbocycles. The number of nitrogens with two attached hydrogens (primary N) is 1. The first kappa shape index (κ1) is 19.2. The second-order valence-electron chi connectivity index (χ2n) is 6.08. The summed E-state index contributed by atoms with van der Waals surface area (Å²) in [5, 5.41) is 0.0611. The fraction of sp³-hybridized carbons (Fsp3) is 0.467. The minimum Gasteiger partial charge on any atom is -0.320 e. The number of halogens is 4. The number of aromatic nitrogens is 1. The van der Waals surface area contributed by atoms with Gasteiger partial charge in [-0.2, -0.15) is 21.9 Å². The first-order chi connectivity index (χ1) is 12.1. The van der Waals surface area contributed by atoms with Gasteiger partial charge in [0.25, 0.3) is 5.91 Å². The van der Waals surface area contributed by atoms with Crippen molar-refractivity contribution in [3.8, 4) is 0 Å². The molecule has 26 heavy (non-hydrogen) atoms. The van der Waals surface area contributed by atoms with E-state index in [0.29, 0.717) is 4.70 Å². The molecule has 0 aliphatic carbocycles. The highest BCUT2D eigenvalue weighted by Gasteiger charge is 2.59. The molecule has 1 aliphatic rings. The van der Waals surface area contributed by atoms with Gasteiger partial charge < -0.3 is 5.73 Å². The molecule has 1 amide bonds. The maximum Gasteiger partial charge on any atom is 0.428 e. The van der Waals surface area contributed by atoms with E-state index in [-0.39, 0.29) is 17.6 Å². The van der Waals surface area contributed by atoms with Gasteiger partial charge >= 0.3 is 6.18 Å². The highest BCUT2D eigenvalue weighted by molar-refractivity contribution is 7.93. The molecule has 1 aromatic heterocycles. The molecule has 2 unspecified atom stereocenters. The molecule has 0 radical (unpaired) electrons. The zero-order valence-electron chi connectivity index (χ0n) is 13.3. The molecule has 11 heteroatoms. The molecule has 3 rings (SSSR count). The van der Waals surface area contributed by atoms with E-state index in [0.717, 1.165) is 11.5 Å². The summed E-state index contributed by atoms with van der Waals surface area (Å²) in [5.74, 6) is -1.66. The van der Waals surface area contributed by atoms with E-state index in [4.69, 9.17) is 5.73 Å². The third-order valence-corrected chi connectivity index (χ3v) is 7.34. The maximum atomic E-state index is 15.2. The van der Waals surface area contributed by atoms with Crippen molar-refractivity contribution < 1.29 is 26.6 Å². The SMILES string of the molecule is N[C@H]1CCS(=O)(CCC(F)(c2nsc3ccccc23)C(F)(F)F)=NC1=O. The Labute approximate surface area is 150 Å². The largest absolute Gasteiger partial charge is 0.428 e. The topological polar surface area (TPSA) is 85.4 Å². The van der Waals surface area contributed by atoms with Gasteiger partial charge in [-0.25, -0.2) is 8.60 Å². The number of alkyl halides is 4. The molecule has 0 bridgehead atoms. The summed E-state index contributed by atoms with van der Waals surface area (Å²) in [4.78, 5) is 11.5. The summed E-state index contributed by atoms with van der Waals surface area (Å²) in [5.41, 5.74) is 0.933. The highest BCUT2D eigenvalue weighted by Crippen LogP contribution is 2.48. The molecule has 0 spiro atoms. The lowest BCUT2D eigenvalue weighted by atomic mass is 9.95. The summed E-state index contributed by atoms with van der Waals surface area (Å²) < 4.78 is 76.1. The van der Waals surface area contributed by atoms with Crippen LogP contribution in [0.5, 0.6) is 0 Å². The lowest BCUT2D eigenvalue weighted by Crippen LogP contribution is -2.42. The van der Waals surface area contributed by atoms with Crippen molar-refractivity contribution in [1.29, 1.82) is 0 Å². The van der Waals surface area contributed by atoms with Crippen LogP contribution in [0.2, 0.25) is 0 Å². The van der Waals surface area contributed by atoms with Gasteiger partial charge in [0.15, 0.2) is 0 Å². The molecule has 5 nitrogen and oxygen atoms in total. The summed E-state index contributed by atoms with van der Waals surface area (Å²) in [7, 11) is -3.28. The Bertz CT molecular complexity index is 965. The zero-order valence-corrected chi connectivity index (χ0v) is 15.0. The van der Waals surface area contributed by atoms with Crippen LogP contribution in [-0.4, -0.2) is 38.2 Å². The number of hydrogen-bond acceptors (Lipinski definition) is 5. The molecule has 2 N–H and O–H groups in total. The van der Waals surface area contributed by atoms with E-state index in [1.807, 2.05) is 0 Å². The van der Waals surface area contributed by atoms with Crippen molar-refractivity contribution in [3.05, 3.63) is 30.0 Å². The van der Waals surface area contributed by atoms with Gasteiger partial charge in [0.05, 0.1) is 20.5 Å². The summed E-state index contributed by atoms with van der Waals surface area (Å²) in [6.45, 7) is 0. The second kappa shape index (κ2) is 6.54. The van der Waals surface area contributed by atoms with Crippen LogP contribution in [0.15, 0.2) is 28.6 Å². The fourth-order valence-corrected chi connectivity index (χ4v) is 5.63. The zero-order chi connectivity index (χ0) is 19.2. The van der Waals surface area contributed by atoms with Crippen molar-refractivity contribution in [2.45, 2.75) is 30.7 Å². The Morgan fingerprint density at radius 3 is 2.62 bits per heavy atom. The van der Waals surface area contributed by atoms with Crippen molar-refractivity contribution in [3.63, 3.8) is 0 Å². The smallest absolute Gasteiger partial charge is 0.320 e. The molecule has 3 atom stereocenters. The number of carbonyl (C=O) groups is 1. The van der Waals surface area contributed by atoms with Crippen molar-refractivity contribution >= 4 is 37.3 Å². The van der Waals surface area contributed by atoms with E-state index in [2.05, 4.69) is 8.74 Å². The van der Waals surface area contributed by atoms with Gasteiger partial charge in [-0.1, -0.05) is 18.2 Å². The van der Waals surface area contributed by atoms with Gasteiger partial charge in [-0.3, -0.25) is 4.79 Å². The van der Waals surface area contributed by atoms with Crippen LogP contribution < -0.4 is 5.73 Å². The van der Waals surface area contributed by atoms with E-state index >= 15 is 4.39 Å². The molecule has 1 aliphatic heterocycles. The van der Waals surface area contributed by atoms with Crippen LogP contribution >= 0.6 is 11.5 Å². The number of carbonyl (C=O) groups excluding carboxylic acids is 1. The van der Waals surface area contributed by atoms with Gasteiger partial charge in [0, 0.05) is 23.3 Å². The molecular weight excluding hydrogens is 394 g/mol. The summed E-state index contributed by atoms with van der Waals surface area (Å²) >= 11 is 0.763. The van der Waals surface area contributed by atoms with Gasteiger partial charge in [0.2, 0.25) is 5.67 Å². The van der Waals surface area contributed by atoms with Crippen molar-refractivity contribution in [2.75, 3.05) is 11.5 Å². The number of nitrogens with zero attached hydrogens (tertiary/aromatic N) is 2. The van der Waals surface area contributed by atoms with Crippen molar-refractivity contribution in [1.82, 2.24) is 4.37 Å². The predicted molar refractivity (Wildman–Crippen MR) is 91.0 cm³/mol. The monoisotopic (exact) mass is 409 g/mol. The minimum atomic E-state index is -5.26. The van der Waals surface area contributed by atoms with E-state index in [1.54, 1.807) is 12.1 Å². The fourth-order valence-electron chi connectivity index (χ4n) is 2.73. The molecule has 2 aromatic rings. The average Bonchev–Trinajstić information content (AvgIpc) is 3.00. The maximum absolute atomic E-state index is 15.2. The third kappa shape index (κ3) is 3.35. The second-order valence-corrected chi connectivity index (χ2v) is 9.43. The number of rotatable bonds is 4. The van der Waals surface area contributed by atoms with Gasteiger partial charge in [0.1, 0.15) is 5.69 Å². The number of fused-ring (bicyclic) bond motifs is 1. The van der Waals surface area contributed by atoms with Gasteiger partial charge in [-0.15, -0.1) is 0 Å². The van der Waals surface area contributed by atoms with Crippen molar-refractivity contribution in [2.24, 2.45) is 10.1 Å². The number of hydrogen-bond donors (Lipinski definition) is 1. The molecule has 0 fully saturated rings. The lowest BCUT2D eigenvalue weighted by molar-refractivity contribution is -0.237. The van der Waals surface area contributed by atoms with E-state index in [1.165, 1.54) is 12.1 Å². The Hall–Kier alpha value is -1.59. The first-order valence-corrected chi connectivity index (χ1v) is 10.3. The quantitative estimate of drug-likeness (QED) is 0.787.